The maximum atomic E-state index is 12.5. The number of carbonyl (C=O) groups is 1. The van der Waals surface area contributed by atoms with Crippen LogP contribution in [0.25, 0.3) is 11.3 Å². The molecule has 45 heavy (non-hydrogen) atoms. The van der Waals surface area contributed by atoms with Gasteiger partial charge in [-0.15, -0.1) is 0 Å². The van der Waals surface area contributed by atoms with E-state index < -0.39 is 11.1 Å². The molecule has 6 aromatic rings. The van der Waals surface area contributed by atoms with Gasteiger partial charge in [0.15, 0.2) is 0 Å². The van der Waals surface area contributed by atoms with Gasteiger partial charge in [0.1, 0.15) is 11.1 Å². The van der Waals surface area contributed by atoms with Crippen molar-refractivity contribution < 1.29 is 9.90 Å². The third-order valence-electron chi connectivity index (χ3n) is 8.47. The van der Waals surface area contributed by atoms with Crippen LogP contribution in [0, 0.1) is 5.92 Å². The highest BCUT2D eigenvalue weighted by Crippen LogP contribution is 2.43. The van der Waals surface area contributed by atoms with Crippen LogP contribution in [0.15, 0.2) is 146 Å². The summed E-state index contributed by atoms with van der Waals surface area (Å²) in [4.78, 5) is 21.0. The van der Waals surface area contributed by atoms with Crippen LogP contribution in [-0.2, 0) is 15.9 Å². The lowest BCUT2D eigenvalue weighted by atomic mass is 9.76. The first kappa shape index (κ1) is 29.7. The Morgan fingerprint density at radius 1 is 0.733 bits per heavy atom. The number of amides is 1. The lowest BCUT2D eigenvalue weighted by Gasteiger charge is -2.37. The Labute approximate surface area is 264 Å². The lowest BCUT2D eigenvalue weighted by molar-refractivity contribution is -0.114. The van der Waals surface area contributed by atoms with Gasteiger partial charge < -0.3 is 15.0 Å². The van der Waals surface area contributed by atoms with E-state index in [1.807, 2.05) is 74.9 Å². The monoisotopic (exact) mass is 592 g/mol. The number of aromatic nitrogens is 3. The fraction of sp³-hybridized carbons (Fsp3) is 0.154. The molecule has 2 N–H and O–H groups in total. The number of anilines is 1. The minimum absolute atomic E-state index is 0.139. The van der Waals surface area contributed by atoms with Crippen molar-refractivity contribution in [3.05, 3.63) is 174 Å². The van der Waals surface area contributed by atoms with Gasteiger partial charge in [0.25, 0.3) is 0 Å². The van der Waals surface area contributed by atoms with E-state index in [0.717, 1.165) is 33.5 Å². The zero-order valence-corrected chi connectivity index (χ0v) is 25.6. The third kappa shape index (κ3) is 5.45. The van der Waals surface area contributed by atoms with E-state index in [0.29, 0.717) is 11.4 Å². The van der Waals surface area contributed by atoms with Crippen LogP contribution in [-0.4, -0.2) is 25.5 Å². The molecular formula is C39H36N4O2. The maximum Gasteiger partial charge on any atom is 0.221 e. The van der Waals surface area contributed by atoms with E-state index in [9.17, 15) is 9.90 Å². The first-order valence-corrected chi connectivity index (χ1v) is 15.1. The van der Waals surface area contributed by atoms with Crippen molar-refractivity contribution in [2.75, 3.05) is 5.32 Å². The summed E-state index contributed by atoms with van der Waals surface area (Å²) in [7, 11) is 0. The highest BCUT2D eigenvalue weighted by molar-refractivity contribution is 5.89. The average Bonchev–Trinajstić information content (AvgIpc) is 3.57. The van der Waals surface area contributed by atoms with Crippen molar-refractivity contribution in [2.24, 2.45) is 5.92 Å². The number of pyridine rings is 1. The van der Waals surface area contributed by atoms with Gasteiger partial charge in [0, 0.05) is 30.6 Å². The standard InChI is InChI=1S/C39H36N4O2/c1-28(2)39(45,34-21-19-30(20-22-34)36-25-35(23-24-40-36)42-29(3)44)37-26-43(27-41-37)38(31-13-7-4-8-14-31,32-15-9-5-10-16-32)33-17-11-6-12-18-33/h4-28,45H,1-3H3,(H,40,42,44). The third-order valence-corrected chi connectivity index (χ3v) is 8.47. The summed E-state index contributed by atoms with van der Waals surface area (Å²) >= 11 is 0. The van der Waals surface area contributed by atoms with Crippen LogP contribution >= 0.6 is 0 Å². The summed E-state index contributed by atoms with van der Waals surface area (Å²) in [6.07, 6.45) is 5.49. The molecule has 1 atom stereocenters. The molecule has 6 rings (SSSR count). The molecule has 0 bridgehead atoms. The van der Waals surface area contributed by atoms with Gasteiger partial charge in [0.05, 0.1) is 17.7 Å². The summed E-state index contributed by atoms with van der Waals surface area (Å²) < 4.78 is 2.13. The molecule has 0 saturated heterocycles. The second kappa shape index (κ2) is 12.3. The lowest BCUT2D eigenvalue weighted by Crippen LogP contribution is -2.37. The Morgan fingerprint density at radius 2 is 1.27 bits per heavy atom. The van der Waals surface area contributed by atoms with E-state index in [2.05, 4.69) is 87.7 Å². The zero-order valence-electron chi connectivity index (χ0n) is 25.6. The molecule has 1 amide bonds. The van der Waals surface area contributed by atoms with Crippen LogP contribution < -0.4 is 5.32 Å². The largest absolute Gasteiger partial charge is 0.378 e. The quantitative estimate of drug-likeness (QED) is 0.169. The Bertz CT molecular complexity index is 1790. The highest BCUT2D eigenvalue weighted by atomic mass is 16.3. The Balaban J connectivity index is 1.47. The van der Waals surface area contributed by atoms with Crippen LogP contribution in [0.4, 0.5) is 5.69 Å². The predicted molar refractivity (Wildman–Crippen MR) is 179 cm³/mol. The molecule has 0 radical (unpaired) electrons. The zero-order chi connectivity index (χ0) is 31.4. The molecule has 1 unspecified atom stereocenters. The molecule has 6 heteroatoms. The van der Waals surface area contributed by atoms with Gasteiger partial charge >= 0.3 is 0 Å². The number of nitrogens with one attached hydrogen (secondary N) is 1. The summed E-state index contributed by atoms with van der Waals surface area (Å²) in [5, 5.41) is 15.3. The fourth-order valence-electron chi connectivity index (χ4n) is 6.23. The molecular weight excluding hydrogens is 556 g/mol. The van der Waals surface area contributed by atoms with E-state index in [-0.39, 0.29) is 11.8 Å². The summed E-state index contributed by atoms with van der Waals surface area (Å²) in [5.41, 5.74) is 4.71. The number of nitrogens with zero attached hydrogens (tertiary/aromatic N) is 3. The Kier molecular flexibility index (Phi) is 8.16. The van der Waals surface area contributed by atoms with E-state index in [1.54, 1.807) is 12.3 Å². The number of hydrogen-bond donors (Lipinski definition) is 2. The Hall–Kier alpha value is -5.33. The second-order valence-corrected chi connectivity index (χ2v) is 11.6. The highest BCUT2D eigenvalue weighted by Gasteiger charge is 2.42. The number of rotatable bonds is 9. The van der Waals surface area contributed by atoms with Gasteiger partial charge in [-0.1, -0.05) is 129 Å². The topological polar surface area (TPSA) is 80.0 Å². The van der Waals surface area contributed by atoms with Crippen molar-refractivity contribution in [3.63, 3.8) is 0 Å². The number of hydrogen-bond acceptors (Lipinski definition) is 4. The molecule has 2 heterocycles. The SMILES string of the molecule is CC(=O)Nc1ccnc(-c2ccc(C(O)(c3cn(C(c4ccccc4)(c4ccccc4)c4ccccc4)cn3)C(C)C)cc2)c1. The second-order valence-electron chi connectivity index (χ2n) is 11.6. The predicted octanol–water partition coefficient (Wildman–Crippen LogP) is 7.64. The molecule has 4 aromatic carbocycles. The summed E-state index contributed by atoms with van der Waals surface area (Å²) in [6.45, 7) is 5.49. The van der Waals surface area contributed by atoms with Gasteiger partial charge in [-0.05, 0) is 40.3 Å². The van der Waals surface area contributed by atoms with Gasteiger partial charge in [-0.3, -0.25) is 9.78 Å². The number of aliphatic hydroxyl groups is 1. The minimum atomic E-state index is -1.37. The van der Waals surface area contributed by atoms with Crippen LogP contribution in [0.2, 0.25) is 0 Å². The number of benzene rings is 4. The molecule has 224 valence electrons. The normalized spacial score (nSPS) is 12.9. The molecule has 6 nitrogen and oxygen atoms in total. The molecule has 0 saturated carbocycles. The molecule has 0 fully saturated rings. The van der Waals surface area contributed by atoms with E-state index >= 15 is 0 Å². The van der Waals surface area contributed by atoms with Crippen LogP contribution in [0.1, 0.15) is 48.7 Å². The van der Waals surface area contributed by atoms with Crippen molar-refractivity contribution in [1.29, 1.82) is 0 Å². The van der Waals surface area contributed by atoms with E-state index in [4.69, 9.17) is 4.98 Å². The first-order chi connectivity index (χ1) is 21.8. The smallest absolute Gasteiger partial charge is 0.221 e. The molecule has 0 aliphatic carbocycles. The number of carbonyl (C=O) groups excluding carboxylic acids is 1. The molecule has 0 spiro atoms. The van der Waals surface area contributed by atoms with Gasteiger partial charge in [-0.2, -0.15) is 0 Å². The molecule has 0 aliphatic rings. The van der Waals surface area contributed by atoms with Gasteiger partial charge in [-0.25, -0.2) is 4.98 Å². The molecule has 0 aliphatic heterocycles. The van der Waals surface area contributed by atoms with E-state index in [1.165, 1.54) is 6.92 Å². The summed E-state index contributed by atoms with van der Waals surface area (Å²) in [5.74, 6) is -0.327. The van der Waals surface area contributed by atoms with Gasteiger partial charge in [0.2, 0.25) is 5.91 Å². The molecule has 2 aromatic heterocycles. The maximum absolute atomic E-state index is 12.5. The fourth-order valence-corrected chi connectivity index (χ4v) is 6.23. The van der Waals surface area contributed by atoms with Crippen LogP contribution in [0.5, 0.6) is 0 Å². The average molecular weight is 593 g/mol. The van der Waals surface area contributed by atoms with Crippen LogP contribution in [0.3, 0.4) is 0 Å². The van der Waals surface area contributed by atoms with Crippen molar-refractivity contribution in [2.45, 2.75) is 31.9 Å². The van der Waals surface area contributed by atoms with Crippen molar-refractivity contribution in [1.82, 2.24) is 14.5 Å². The first-order valence-electron chi connectivity index (χ1n) is 15.1. The van der Waals surface area contributed by atoms with Crippen molar-refractivity contribution in [3.8, 4) is 11.3 Å². The Morgan fingerprint density at radius 3 is 1.76 bits per heavy atom. The van der Waals surface area contributed by atoms with Crippen molar-refractivity contribution >= 4 is 11.6 Å². The minimum Gasteiger partial charge on any atom is -0.378 e. The number of imidazole rings is 1. The summed E-state index contributed by atoms with van der Waals surface area (Å²) in [6, 6.07) is 42.6.